The van der Waals surface area contributed by atoms with Crippen LogP contribution in [0.3, 0.4) is 0 Å². The number of nitrogens with zero attached hydrogens (tertiary/aromatic N) is 2. The highest BCUT2D eigenvalue weighted by atomic mass is 32.2. The van der Waals surface area contributed by atoms with Gasteiger partial charge in [0.25, 0.3) is 0 Å². The summed E-state index contributed by atoms with van der Waals surface area (Å²) in [6.07, 6.45) is 3.15. The zero-order valence-electron chi connectivity index (χ0n) is 11.8. The number of hydrogen-bond donors (Lipinski definition) is 1. The Balaban J connectivity index is 1.97. The smallest absolute Gasteiger partial charge is 0.243 e. The van der Waals surface area contributed by atoms with E-state index in [4.69, 9.17) is 10.3 Å². The monoisotopic (exact) mass is 301 g/mol. The van der Waals surface area contributed by atoms with Gasteiger partial charge in [-0.05, 0) is 6.42 Å². The lowest BCUT2D eigenvalue weighted by atomic mass is 10.1. The van der Waals surface area contributed by atoms with Crippen molar-refractivity contribution in [1.82, 2.24) is 10.1 Å². The van der Waals surface area contributed by atoms with Gasteiger partial charge < -0.3 is 10.3 Å². The van der Waals surface area contributed by atoms with Gasteiger partial charge in [-0.3, -0.25) is 0 Å². The predicted molar refractivity (Wildman–Crippen MR) is 82.5 cm³/mol. The van der Waals surface area contributed by atoms with E-state index < -0.39 is 0 Å². The van der Waals surface area contributed by atoms with Crippen molar-refractivity contribution in [3.63, 3.8) is 0 Å². The molecule has 1 aliphatic heterocycles. The Morgan fingerprint density at radius 1 is 1.42 bits per heavy atom. The number of nitrogens with two attached hydrogens (primary N) is 1. The van der Waals surface area contributed by atoms with Crippen molar-refractivity contribution in [1.29, 1.82) is 0 Å². The standard InChI is InChI=1S/C13H23N3OS2/c1-4-5-6-10(14)13-15-12(16-17-13)11-7-18-8(2)9(3)19-11/h8-11H,4-7,14H2,1-3H3. The molecular formula is C13H23N3OS2. The van der Waals surface area contributed by atoms with Gasteiger partial charge in [-0.2, -0.15) is 16.7 Å². The maximum atomic E-state index is 6.07. The summed E-state index contributed by atoms with van der Waals surface area (Å²) in [7, 11) is 0. The number of aromatic nitrogens is 2. The van der Waals surface area contributed by atoms with Crippen LogP contribution in [-0.2, 0) is 0 Å². The highest BCUT2D eigenvalue weighted by Gasteiger charge is 2.30. The van der Waals surface area contributed by atoms with Gasteiger partial charge in [-0.1, -0.05) is 38.8 Å². The summed E-state index contributed by atoms with van der Waals surface area (Å²) in [6, 6.07) is -0.112. The third-order valence-electron chi connectivity index (χ3n) is 3.48. The molecule has 0 spiro atoms. The average Bonchev–Trinajstić information content (AvgIpc) is 2.89. The lowest BCUT2D eigenvalue weighted by molar-refractivity contribution is 0.343. The van der Waals surface area contributed by atoms with Crippen molar-refractivity contribution < 1.29 is 4.52 Å². The SMILES string of the molecule is CCCCC(N)c1nc(C2CSC(C)C(C)S2)no1. The summed E-state index contributed by atoms with van der Waals surface area (Å²) in [5, 5.41) is 5.79. The van der Waals surface area contributed by atoms with E-state index in [2.05, 4.69) is 30.9 Å². The molecule has 1 aliphatic rings. The second-order valence-electron chi connectivity index (χ2n) is 5.11. The average molecular weight is 301 g/mol. The van der Waals surface area contributed by atoms with E-state index in [1.54, 1.807) is 0 Å². The van der Waals surface area contributed by atoms with Crippen LogP contribution < -0.4 is 5.73 Å². The second-order valence-corrected chi connectivity index (χ2v) is 8.10. The molecule has 2 rings (SSSR count). The summed E-state index contributed by atoms with van der Waals surface area (Å²) < 4.78 is 5.33. The first-order chi connectivity index (χ1) is 9.11. The fourth-order valence-electron chi connectivity index (χ4n) is 2.00. The fraction of sp³-hybridized carbons (Fsp3) is 0.846. The normalized spacial score (nSPS) is 29.4. The van der Waals surface area contributed by atoms with Gasteiger partial charge in [0.2, 0.25) is 5.89 Å². The van der Waals surface area contributed by atoms with Crippen LogP contribution >= 0.6 is 23.5 Å². The number of unbranched alkanes of at least 4 members (excludes halogenated alkanes) is 1. The Labute approximate surface area is 123 Å². The molecule has 4 nitrogen and oxygen atoms in total. The molecule has 1 fully saturated rings. The van der Waals surface area contributed by atoms with Gasteiger partial charge in [-0.15, -0.1) is 11.8 Å². The third-order valence-corrected chi connectivity index (χ3v) is 6.87. The van der Waals surface area contributed by atoms with Crippen LogP contribution in [-0.4, -0.2) is 26.4 Å². The molecule has 1 aromatic heterocycles. The van der Waals surface area contributed by atoms with Gasteiger partial charge in [0.05, 0.1) is 11.3 Å². The van der Waals surface area contributed by atoms with Gasteiger partial charge in [-0.25, -0.2) is 0 Å². The Morgan fingerprint density at radius 2 is 2.21 bits per heavy atom. The van der Waals surface area contributed by atoms with Crippen LogP contribution in [0.4, 0.5) is 0 Å². The lowest BCUT2D eigenvalue weighted by Gasteiger charge is -2.29. The van der Waals surface area contributed by atoms with Gasteiger partial charge in [0, 0.05) is 16.3 Å². The van der Waals surface area contributed by atoms with E-state index in [1.807, 2.05) is 23.5 Å². The lowest BCUT2D eigenvalue weighted by Crippen LogP contribution is -2.22. The van der Waals surface area contributed by atoms with E-state index in [1.165, 1.54) is 0 Å². The summed E-state index contributed by atoms with van der Waals surface area (Å²) >= 11 is 3.93. The van der Waals surface area contributed by atoms with E-state index in [0.29, 0.717) is 21.6 Å². The zero-order chi connectivity index (χ0) is 13.8. The Hall–Kier alpha value is -0.200. The molecule has 4 unspecified atom stereocenters. The van der Waals surface area contributed by atoms with Crippen molar-refractivity contribution in [2.24, 2.45) is 5.73 Å². The number of hydrogen-bond acceptors (Lipinski definition) is 6. The molecule has 4 atom stereocenters. The Bertz CT molecular complexity index is 399. The fourth-order valence-corrected chi connectivity index (χ4v) is 4.83. The van der Waals surface area contributed by atoms with Crippen LogP contribution in [0.5, 0.6) is 0 Å². The molecule has 0 bridgehead atoms. The molecule has 2 heterocycles. The molecule has 1 aromatic rings. The molecule has 0 aliphatic carbocycles. The minimum absolute atomic E-state index is 0.112. The van der Waals surface area contributed by atoms with Gasteiger partial charge in [0.15, 0.2) is 5.82 Å². The van der Waals surface area contributed by atoms with Crippen LogP contribution in [0.25, 0.3) is 0 Å². The first-order valence-corrected chi connectivity index (χ1v) is 8.97. The maximum absolute atomic E-state index is 6.07. The molecule has 0 aromatic carbocycles. The number of thioether (sulfide) groups is 2. The third kappa shape index (κ3) is 3.89. The van der Waals surface area contributed by atoms with E-state index in [-0.39, 0.29) is 6.04 Å². The highest BCUT2D eigenvalue weighted by Crippen LogP contribution is 2.43. The minimum Gasteiger partial charge on any atom is -0.338 e. The predicted octanol–water partition coefficient (Wildman–Crippen LogP) is 3.56. The summed E-state index contributed by atoms with van der Waals surface area (Å²) in [6.45, 7) is 6.70. The minimum atomic E-state index is -0.112. The van der Waals surface area contributed by atoms with Crippen molar-refractivity contribution in [3.8, 4) is 0 Å². The zero-order valence-corrected chi connectivity index (χ0v) is 13.5. The molecule has 0 radical (unpaired) electrons. The molecule has 1 saturated heterocycles. The maximum Gasteiger partial charge on any atom is 0.243 e. The molecular weight excluding hydrogens is 278 g/mol. The van der Waals surface area contributed by atoms with Crippen LogP contribution in [0.2, 0.25) is 0 Å². The quantitative estimate of drug-likeness (QED) is 0.897. The molecule has 19 heavy (non-hydrogen) atoms. The summed E-state index contributed by atoms with van der Waals surface area (Å²) in [5.74, 6) is 2.47. The Morgan fingerprint density at radius 3 is 2.89 bits per heavy atom. The van der Waals surface area contributed by atoms with Crippen LogP contribution in [0, 0.1) is 0 Å². The Kier molecular flexibility index (Phi) is 5.59. The van der Waals surface area contributed by atoms with Crippen LogP contribution in [0.15, 0.2) is 4.52 Å². The first-order valence-electron chi connectivity index (χ1n) is 6.98. The van der Waals surface area contributed by atoms with E-state index in [9.17, 15) is 0 Å². The molecule has 0 saturated carbocycles. The van der Waals surface area contributed by atoms with E-state index >= 15 is 0 Å². The highest BCUT2D eigenvalue weighted by molar-refractivity contribution is 8.07. The van der Waals surface area contributed by atoms with Crippen molar-refractivity contribution >= 4 is 23.5 Å². The summed E-state index contributed by atoms with van der Waals surface area (Å²) in [4.78, 5) is 4.51. The van der Waals surface area contributed by atoms with Crippen molar-refractivity contribution in [2.45, 2.75) is 61.8 Å². The van der Waals surface area contributed by atoms with Crippen molar-refractivity contribution in [3.05, 3.63) is 11.7 Å². The number of rotatable bonds is 5. The second kappa shape index (κ2) is 6.99. The summed E-state index contributed by atoms with van der Waals surface area (Å²) in [5.41, 5.74) is 6.07. The first kappa shape index (κ1) is 15.2. The largest absolute Gasteiger partial charge is 0.338 e. The van der Waals surface area contributed by atoms with Crippen LogP contribution in [0.1, 0.15) is 63.0 Å². The molecule has 0 amide bonds. The van der Waals surface area contributed by atoms with Gasteiger partial charge in [0.1, 0.15) is 0 Å². The van der Waals surface area contributed by atoms with E-state index in [0.717, 1.165) is 30.8 Å². The molecule has 108 valence electrons. The topological polar surface area (TPSA) is 64.9 Å². The molecule has 2 N–H and O–H groups in total. The van der Waals surface area contributed by atoms with Gasteiger partial charge >= 0.3 is 0 Å². The molecule has 6 heteroatoms. The van der Waals surface area contributed by atoms with Crippen molar-refractivity contribution in [2.75, 3.05) is 5.75 Å².